The molecule has 1 aromatic heterocycles. The fourth-order valence-corrected chi connectivity index (χ4v) is 1.84. The van der Waals surface area contributed by atoms with Crippen molar-refractivity contribution in [2.75, 3.05) is 19.0 Å². The van der Waals surface area contributed by atoms with Gasteiger partial charge in [-0.1, -0.05) is 0 Å². The third-order valence-electron chi connectivity index (χ3n) is 3.06. The van der Waals surface area contributed by atoms with E-state index < -0.39 is 11.7 Å². The number of benzene rings is 1. The fraction of sp³-hybridized carbons (Fsp3) is 0.312. The molecule has 0 aliphatic rings. The summed E-state index contributed by atoms with van der Waals surface area (Å²) in [6.45, 7) is 2.26. The van der Waals surface area contributed by atoms with Crippen molar-refractivity contribution in [3.8, 4) is 11.5 Å². The zero-order chi connectivity index (χ0) is 16.9. The molecule has 1 N–H and O–H groups in total. The van der Waals surface area contributed by atoms with Crippen molar-refractivity contribution in [1.82, 2.24) is 4.98 Å². The van der Waals surface area contributed by atoms with Crippen LogP contribution in [0.3, 0.4) is 0 Å². The summed E-state index contributed by atoms with van der Waals surface area (Å²) in [5.74, 6) is 1.78. The molecular formula is C16H17F3N2O2. The number of nitrogens with zero attached hydrogens (tertiary/aromatic N) is 1. The third-order valence-corrected chi connectivity index (χ3v) is 3.06. The molecular weight excluding hydrogens is 309 g/mol. The van der Waals surface area contributed by atoms with E-state index in [4.69, 9.17) is 9.47 Å². The Morgan fingerprint density at radius 1 is 1.09 bits per heavy atom. The third kappa shape index (κ3) is 5.05. The van der Waals surface area contributed by atoms with Crippen molar-refractivity contribution in [3.63, 3.8) is 0 Å². The van der Waals surface area contributed by atoms with Crippen LogP contribution in [0.4, 0.5) is 19.0 Å². The number of methoxy groups -OCH3 is 1. The van der Waals surface area contributed by atoms with Gasteiger partial charge in [0.2, 0.25) is 0 Å². The van der Waals surface area contributed by atoms with Gasteiger partial charge in [-0.3, -0.25) is 0 Å². The first-order chi connectivity index (χ1) is 10.9. The second-order valence-electron chi connectivity index (χ2n) is 4.91. The first kappa shape index (κ1) is 16.9. The molecule has 0 radical (unpaired) electrons. The number of hydrogen-bond donors (Lipinski definition) is 1. The summed E-state index contributed by atoms with van der Waals surface area (Å²) in [5.41, 5.74) is -0.773. The molecule has 0 aliphatic carbocycles. The van der Waals surface area contributed by atoms with Crippen LogP contribution in [0.5, 0.6) is 11.5 Å². The van der Waals surface area contributed by atoms with Crippen molar-refractivity contribution in [2.45, 2.75) is 19.2 Å². The maximum Gasteiger partial charge on any atom is 0.417 e. The van der Waals surface area contributed by atoms with Crippen molar-refractivity contribution < 1.29 is 22.6 Å². The number of aromatic nitrogens is 1. The fourth-order valence-electron chi connectivity index (χ4n) is 1.84. The van der Waals surface area contributed by atoms with Crippen molar-refractivity contribution >= 4 is 5.82 Å². The predicted molar refractivity (Wildman–Crippen MR) is 80.8 cm³/mol. The average molecular weight is 326 g/mol. The molecule has 0 aliphatic heterocycles. The van der Waals surface area contributed by atoms with Crippen LogP contribution in [0, 0.1) is 0 Å². The molecule has 0 saturated heterocycles. The standard InChI is InChI=1S/C16H17F3N2O2/c1-11(23-14-6-4-13(22-2)5-7-14)9-20-15-8-3-12(10-21-15)16(17,18)19/h3-8,10-11H,9H2,1-2H3,(H,20,21). The topological polar surface area (TPSA) is 43.4 Å². The Morgan fingerprint density at radius 3 is 2.26 bits per heavy atom. The minimum atomic E-state index is -4.38. The molecule has 23 heavy (non-hydrogen) atoms. The van der Waals surface area contributed by atoms with E-state index in [1.54, 1.807) is 31.4 Å². The van der Waals surface area contributed by atoms with E-state index >= 15 is 0 Å². The summed E-state index contributed by atoms with van der Waals surface area (Å²) in [6, 6.07) is 9.42. The highest BCUT2D eigenvalue weighted by atomic mass is 19.4. The lowest BCUT2D eigenvalue weighted by Crippen LogP contribution is -2.23. The van der Waals surface area contributed by atoms with Gasteiger partial charge >= 0.3 is 6.18 Å². The van der Waals surface area contributed by atoms with Gasteiger partial charge in [-0.15, -0.1) is 0 Å². The molecule has 0 spiro atoms. The van der Waals surface area contributed by atoms with Gasteiger partial charge in [-0.25, -0.2) is 4.98 Å². The van der Waals surface area contributed by atoms with E-state index in [0.29, 0.717) is 18.1 Å². The molecule has 1 unspecified atom stereocenters. The summed E-state index contributed by atoms with van der Waals surface area (Å²) in [6.07, 6.45) is -3.76. The van der Waals surface area contributed by atoms with Gasteiger partial charge in [0.15, 0.2) is 0 Å². The van der Waals surface area contributed by atoms with Gasteiger partial charge in [0.1, 0.15) is 23.4 Å². The normalized spacial score (nSPS) is 12.6. The van der Waals surface area contributed by atoms with E-state index in [9.17, 15) is 13.2 Å². The number of anilines is 1. The summed E-state index contributed by atoms with van der Waals surface area (Å²) < 4.78 is 48.1. The molecule has 0 bridgehead atoms. The molecule has 2 rings (SSSR count). The molecule has 0 saturated carbocycles. The lowest BCUT2D eigenvalue weighted by molar-refractivity contribution is -0.137. The SMILES string of the molecule is COc1ccc(OC(C)CNc2ccc(C(F)(F)F)cn2)cc1. The van der Waals surface area contributed by atoms with E-state index in [-0.39, 0.29) is 6.10 Å². The zero-order valence-corrected chi connectivity index (χ0v) is 12.7. The van der Waals surface area contributed by atoms with Gasteiger partial charge in [0, 0.05) is 6.20 Å². The Balaban J connectivity index is 1.84. The quantitative estimate of drug-likeness (QED) is 0.872. The minimum Gasteiger partial charge on any atom is -0.497 e. The average Bonchev–Trinajstić information content (AvgIpc) is 2.53. The van der Waals surface area contributed by atoms with Gasteiger partial charge in [0.25, 0.3) is 0 Å². The number of rotatable bonds is 6. The lowest BCUT2D eigenvalue weighted by Gasteiger charge is -2.16. The highest BCUT2D eigenvalue weighted by molar-refractivity contribution is 5.36. The number of hydrogen-bond acceptors (Lipinski definition) is 4. The van der Waals surface area contributed by atoms with Crippen molar-refractivity contribution in [1.29, 1.82) is 0 Å². The maximum absolute atomic E-state index is 12.4. The van der Waals surface area contributed by atoms with Crippen LogP contribution >= 0.6 is 0 Å². The van der Waals surface area contributed by atoms with E-state index in [0.717, 1.165) is 18.0 Å². The summed E-state index contributed by atoms with van der Waals surface area (Å²) >= 11 is 0. The number of alkyl halides is 3. The smallest absolute Gasteiger partial charge is 0.417 e. The molecule has 4 nitrogen and oxygen atoms in total. The van der Waals surface area contributed by atoms with Crippen LogP contribution in [-0.4, -0.2) is 24.7 Å². The first-order valence-corrected chi connectivity index (χ1v) is 6.96. The highest BCUT2D eigenvalue weighted by Crippen LogP contribution is 2.28. The summed E-state index contributed by atoms with van der Waals surface area (Å²) in [4.78, 5) is 3.74. The Hall–Kier alpha value is -2.44. The Labute approximate surface area is 132 Å². The van der Waals surface area contributed by atoms with Crippen LogP contribution in [0.15, 0.2) is 42.6 Å². The predicted octanol–water partition coefficient (Wildman–Crippen LogP) is 3.99. The Morgan fingerprint density at radius 2 is 1.74 bits per heavy atom. The van der Waals surface area contributed by atoms with Gasteiger partial charge in [-0.05, 0) is 43.3 Å². The van der Waals surface area contributed by atoms with E-state index in [1.165, 1.54) is 6.07 Å². The highest BCUT2D eigenvalue weighted by Gasteiger charge is 2.30. The van der Waals surface area contributed by atoms with Crippen molar-refractivity contribution in [3.05, 3.63) is 48.2 Å². The van der Waals surface area contributed by atoms with Gasteiger partial charge < -0.3 is 14.8 Å². The van der Waals surface area contributed by atoms with Crippen LogP contribution in [0.25, 0.3) is 0 Å². The maximum atomic E-state index is 12.4. The molecule has 1 atom stereocenters. The molecule has 7 heteroatoms. The zero-order valence-electron chi connectivity index (χ0n) is 12.7. The molecule has 1 heterocycles. The molecule has 2 aromatic rings. The summed E-state index contributed by atoms with van der Waals surface area (Å²) in [7, 11) is 1.58. The number of halogens is 3. The molecule has 0 amide bonds. The van der Waals surface area contributed by atoms with Gasteiger partial charge in [-0.2, -0.15) is 13.2 Å². The van der Waals surface area contributed by atoms with Crippen LogP contribution < -0.4 is 14.8 Å². The Bertz CT molecular complexity index is 613. The number of nitrogens with one attached hydrogen (secondary N) is 1. The monoisotopic (exact) mass is 326 g/mol. The number of pyridine rings is 1. The molecule has 124 valence electrons. The minimum absolute atomic E-state index is 0.188. The second kappa shape index (κ2) is 7.21. The Kier molecular flexibility index (Phi) is 5.31. The largest absolute Gasteiger partial charge is 0.497 e. The van der Waals surface area contributed by atoms with E-state index in [1.807, 2.05) is 6.92 Å². The summed E-state index contributed by atoms with van der Waals surface area (Å²) in [5, 5.41) is 2.94. The van der Waals surface area contributed by atoms with Crippen LogP contribution in [0.1, 0.15) is 12.5 Å². The number of ether oxygens (including phenoxy) is 2. The van der Waals surface area contributed by atoms with Crippen molar-refractivity contribution in [2.24, 2.45) is 0 Å². The van der Waals surface area contributed by atoms with E-state index in [2.05, 4.69) is 10.3 Å². The molecule has 0 fully saturated rings. The second-order valence-corrected chi connectivity index (χ2v) is 4.91. The lowest BCUT2D eigenvalue weighted by atomic mass is 10.3. The van der Waals surface area contributed by atoms with Gasteiger partial charge in [0.05, 0.1) is 19.2 Å². The van der Waals surface area contributed by atoms with Crippen LogP contribution in [0.2, 0.25) is 0 Å². The van der Waals surface area contributed by atoms with Crippen LogP contribution in [-0.2, 0) is 6.18 Å². The molecule has 1 aromatic carbocycles. The first-order valence-electron chi connectivity index (χ1n) is 6.96.